The molecule has 0 bridgehead atoms. The van der Waals surface area contributed by atoms with Gasteiger partial charge in [-0.3, -0.25) is 4.98 Å². The minimum absolute atomic E-state index is 0.0462. The first-order valence-corrected chi connectivity index (χ1v) is 7.48. The maximum Gasteiger partial charge on any atom is 0.243 e. The van der Waals surface area contributed by atoms with Gasteiger partial charge in [0.05, 0.1) is 12.1 Å². The van der Waals surface area contributed by atoms with Gasteiger partial charge in [-0.25, -0.2) is 18.1 Å². The lowest BCUT2D eigenvalue weighted by Crippen LogP contribution is -2.24. The van der Waals surface area contributed by atoms with Crippen molar-refractivity contribution in [2.24, 2.45) is 0 Å². The van der Waals surface area contributed by atoms with Crippen molar-refractivity contribution < 1.29 is 13.2 Å². The smallest absolute Gasteiger partial charge is 0.243 e. The number of methoxy groups -OCH3 is 1. The van der Waals surface area contributed by atoms with Crippen LogP contribution in [0.2, 0.25) is 5.02 Å². The Bertz CT molecular complexity index is 707. The Hall–Kier alpha value is -1.70. The molecule has 0 aliphatic rings. The molecule has 2 aromatic heterocycles. The number of nitrogens with one attached hydrogen (secondary N) is 1. The first-order valence-electron chi connectivity index (χ1n) is 5.61. The van der Waals surface area contributed by atoms with Gasteiger partial charge in [-0.15, -0.1) is 0 Å². The number of aromatic nitrogens is 2. The Labute approximate surface area is 121 Å². The van der Waals surface area contributed by atoms with Crippen LogP contribution in [0, 0.1) is 0 Å². The minimum atomic E-state index is -3.74. The van der Waals surface area contributed by atoms with Gasteiger partial charge in [-0.2, -0.15) is 0 Å². The maximum atomic E-state index is 12.1. The Morgan fingerprint density at radius 1 is 1.35 bits per heavy atom. The number of nitrogens with zero attached hydrogens (tertiary/aromatic N) is 2. The third-order valence-corrected chi connectivity index (χ3v) is 4.39. The van der Waals surface area contributed by atoms with Crippen LogP contribution in [0.5, 0.6) is 5.88 Å². The monoisotopic (exact) mass is 313 g/mol. The molecule has 2 aromatic rings. The first-order chi connectivity index (χ1) is 9.54. The van der Waals surface area contributed by atoms with Crippen molar-refractivity contribution in [3.05, 3.63) is 47.4 Å². The summed E-state index contributed by atoms with van der Waals surface area (Å²) in [5, 5.41) is 0.116. The van der Waals surface area contributed by atoms with Gasteiger partial charge >= 0.3 is 0 Å². The van der Waals surface area contributed by atoms with E-state index in [1.807, 2.05) is 0 Å². The molecule has 8 heteroatoms. The molecule has 0 unspecified atom stereocenters. The van der Waals surface area contributed by atoms with E-state index < -0.39 is 10.0 Å². The number of ether oxygens (including phenoxy) is 1. The van der Waals surface area contributed by atoms with Crippen LogP contribution in [-0.2, 0) is 16.6 Å². The molecule has 0 fully saturated rings. The second kappa shape index (κ2) is 6.17. The van der Waals surface area contributed by atoms with Gasteiger partial charge in [0.1, 0.15) is 4.90 Å². The SMILES string of the molecule is COc1ncccc1CNS(=O)(=O)c1cnccc1Cl. The minimum Gasteiger partial charge on any atom is -0.481 e. The fourth-order valence-corrected chi connectivity index (χ4v) is 2.99. The summed E-state index contributed by atoms with van der Waals surface area (Å²) in [4.78, 5) is 7.69. The van der Waals surface area contributed by atoms with Gasteiger partial charge in [0, 0.05) is 30.7 Å². The fraction of sp³-hybridized carbons (Fsp3) is 0.167. The summed E-state index contributed by atoms with van der Waals surface area (Å²) in [5.74, 6) is 0.368. The molecule has 20 heavy (non-hydrogen) atoms. The highest BCUT2D eigenvalue weighted by Gasteiger charge is 2.18. The second-order valence-electron chi connectivity index (χ2n) is 3.80. The molecule has 0 aliphatic carbocycles. The average Bonchev–Trinajstić information content (AvgIpc) is 2.46. The van der Waals surface area contributed by atoms with E-state index >= 15 is 0 Å². The summed E-state index contributed by atoms with van der Waals surface area (Å²) in [6.07, 6.45) is 4.19. The summed E-state index contributed by atoms with van der Waals surface area (Å²) in [6.45, 7) is 0.0462. The van der Waals surface area contributed by atoms with Gasteiger partial charge < -0.3 is 4.74 Å². The van der Waals surface area contributed by atoms with E-state index in [0.29, 0.717) is 11.4 Å². The zero-order valence-electron chi connectivity index (χ0n) is 10.6. The number of pyridine rings is 2. The molecule has 0 saturated heterocycles. The molecule has 106 valence electrons. The Morgan fingerprint density at radius 2 is 2.15 bits per heavy atom. The van der Waals surface area contributed by atoms with E-state index in [2.05, 4.69) is 14.7 Å². The van der Waals surface area contributed by atoms with Gasteiger partial charge in [-0.1, -0.05) is 17.7 Å². The van der Waals surface area contributed by atoms with Crippen molar-refractivity contribution in [3.8, 4) is 5.88 Å². The molecule has 0 radical (unpaired) electrons. The van der Waals surface area contributed by atoms with E-state index in [1.54, 1.807) is 18.3 Å². The zero-order valence-corrected chi connectivity index (χ0v) is 12.1. The fourth-order valence-electron chi connectivity index (χ4n) is 1.55. The van der Waals surface area contributed by atoms with Gasteiger partial charge in [0.25, 0.3) is 0 Å². The van der Waals surface area contributed by atoms with Gasteiger partial charge in [0.2, 0.25) is 15.9 Å². The normalized spacial score (nSPS) is 11.3. The molecule has 0 aliphatic heterocycles. The number of hydrogen-bond acceptors (Lipinski definition) is 5. The summed E-state index contributed by atoms with van der Waals surface area (Å²) in [5.41, 5.74) is 0.624. The summed E-state index contributed by atoms with van der Waals surface area (Å²) in [6, 6.07) is 4.84. The predicted molar refractivity (Wildman–Crippen MR) is 74.1 cm³/mol. The largest absolute Gasteiger partial charge is 0.481 e. The molecule has 2 rings (SSSR count). The van der Waals surface area contributed by atoms with E-state index in [1.165, 1.54) is 25.6 Å². The molecule has 0 atom stereocenters. The molecule has 0 spiro atoms. The molecule has 0 saturated carbocycles. The lowest BCUT2D eigenvalue weighted by Gasteiger charge is -2.09. The van der Waals surface area contributed by atoms with Gasteiger partial charge in [0.15, 0.2) is 0 Å². The topological polar surface area (TPSA) is 81.2 Å². The molecule has 0 amide bonds. The van der Waals surface area contributed by atoms with Crippen molar-refractivity contribution in [1.82, 2.24) is 14.7 Å². The standard InChI is InChI=1S/C12H12ClN3O3S/c1-19-12-9(3-2-5-15-12)7-16-20(17,18)11-8-14-6-4-10(11)13/h2-6,8,16H,7H2,1H3. The van der Waals surface area contributed by atoms with Crippen molar-refractivity contribution in [2.45, 2.75) is 11.4 Å². The third-order valence-electron chi connectivity index (χ3n) is 2.52. The summed E-state index contributed by atoms with van der Waals surface area (Å²) in [7, 11) is -2.27. The van der Waals surface area contributed by atoms with Gasteiger partial charge in [-0.05, 0) is 12.1 Å². The molecule has 0 aromatic carbocycles. The molecule has 1 N–H and O–H groups in total. The highest BCUT2D eigenvalue weighted by Crippen LogP contribution is 2.20. The quantitative estimate of drug-likeness (QED) is 0.907. The third kappa shape index (κ3) is 3.24. The van der Waals surface area contributed by atoms with E-state index in [-0.39, 0.29) is 16.5 Å². The predicted octanol–water partition coefficient (Wildman–Crippen LogP) is 1.62. The van der Waals surface area contributed by atoms with Crippen molar-refractivity contribution >= 4 is 21.6 Å². The summed E-state index contributed by atoms with van der Waals surface area (Å²) >= 11 is 5.85. The lowest BCUT2D eigenvalue weighted by atomic mass is 10.3. The van der Waals surface area contributed by atoms with Crippen LogP contribution in [0.1, 0.15) is 5.56 Å². The molecular formula is C12H12ClN3O3S. The number of rotatable bonds is 5. The Balaban J connectivity index is 2.20. The van der Waals surface area contributed by atoms with Crippen LogP contribution < -0.4 is 9.46 Å². The zero-order chi connectivity index (χ0) is 14.6. The van der Waals surface area contributed by atoms with Crippen LogP contribution in [0.25, 0.3) is 0 Å². The maximum absolute atomic E-state index is 12.1. The number of halogens is 1. The highest BCUT2D eigenvalue weighted by molar-refractivity contribution is 7.89. The van der Waals surface area contributed by atoms with E-state index in [0.717, 1.165) is 0 Å². The second-order valence-corrected chi connectivity index (χ2v) is 5.95. The number of sulfonamides is 1. The Morgan fingerprint density at radius 3 is 2.85 bits per heavy atom. The highest BCUT2D eigenvalue weighted by atomic mass is 35.5. The van der Waals surface area contributed by atoms with Crippen LogP contribution in [0.3, 0.4) is 0 Å². The lowest BCUT2D eigenvalue weighted by molar-refractivity contribution is 0.392. The Kier molecular flexibility index (Phi) is 4.53. The van der Waals surface area contributed by atoms with Crippen LogP contribution in [-0.4, -0.2) is 25.5 Å². The molecule has 2 heterocycles. The van der Waals surface area contributed by atoms with Crippen LogP contribution >= 0.6 is 11.6 Å². The van der Waals surface area contributed by atoms with Crippen LogP contribution in [0.4, 0.5) is 0 Å². The van der Waals surface area contributed by atoms with E-state index in [9.17, 15) is 8.42 Å². The summed E-state index contributed by atoms with van der Waals surface area (Å²) < 4.78 is 31.7. The van der Waals surface area contributed by atoms with E-state index in [4.69, 9.17) is 16.3 Å². The average molecular weight is 314 g/mol. The van der Waals surface area contributed by atoms with Crippen LogP contribution in [0.15, 0.2) is 41.7 Å². The first kappa shape index (κ1) is 14.7. The van der Waals surface area contributed by atoms with Crippen molar-refractivity contribution in [2.75, 3.05) is 7.11 Å². The molecular weight excluding hydrogens is 302 g/mol. The van der Waals surface area contributed by atoms with Crippen molar-refractivity contribution in [3.63, 3.8) is 0 Å². The van der Waals surface area contributed by atoms with Crippen molar-refractivity contribution in [1.29, 1.82) is 0 Å². The number of hydrogen-bond donors (Lipinski definition) is 1. The molecule has 6 nitrogen and oxygen atoms in total.